The summed E-state index contributed by atoms with van der Waals surface area (Å²) >= 11 is 7.68. The maximum atomic E-state index is 12.8. The van der Waals surface area contributed by atoms with Crippen LogP contribution in [0.1, 0.15) is 11.1 Å². The van der Waals surface area contributed by atoms with Crippen molar-refractivity contribution >= 4 is 60.8 Å². The van der Waals surface area contributed by atoms with Gasteiger partial charge in [-0.2, -0.15) is 0 Å². The van der Waals surface area contributed by atoms with E-state index in [4.69, 9.17) is 15.9 Å². The Morgan fingerprint density at radius 2 is 1.90 bits per heavy atom. The molecule has 0 saturated carbocycles. The van der Waals surface area contributed by atoms with Crippen LogP contribution in [0.15, 0.2) is 50.2 Å². The Morgan fingerprint density at radius 1 is 1.17 bits per heavy atom. The first-order valence-electron chi connectivity index (χ1n) is 8.36. The molecule has 0 N–H and O–H groups in total. The third-order valence-corrected chi connectivity index (χ3v) is 5.88. The molecule has 2 amide bonds. The van der Waals surface area contributed by atoms with Crippen LogP contribution in [0.5, 0.6) is 11.5 Å². The van der Waals surface area contributed by atoms with E-state index in [2.05, 4.69) is 37.8 Å². The summed E-state index contributed by atoms with van der Waals surface area (Å²) in [5.41, 5.74) is 1.44. The highest BCUT2D eigenvalue weighted by Gasteiger charge is 2.35. The van der Waals surface area contributed by atoms with Crippen molar-refractivity contribution in [3.8, 4) is 23.8 Å². The van der Waals surface area contributed by atoms with Crippen molar-refractivity contribution in [2.75, 3.05) is 13.7 Å². The summed E-state index contributed by atoms with van der Waals surface area (Å²) in [7, 11) is 1.51. The predicted molar refractivity (Wildman–Crippen MR) is 121 cm³/mol. The minimum absolute atomic E-state index is 0.0455. The van der Waals surface area contributed by atoms with E-state index in [0.717, 1.165) is 26.3 Å². The second kappa shape index (κ2) is 9.53. The fourth-order valence-corrected chi connectivity index (χ4v) is 4.21. The fraction of sp³-hybridized carbons (Fsp3) is 0.143. The number of methoxy groups -OCH3 is 1. The van der Waals surface area contributed by atoms with Crippen molar-refractivity contribution in [1.29, 1.82) is 0 Å². The molecule has 0 spiro atoms. The number of hydrogen-bond donors (Lipinski definition) is 0. The number of hydrogen-bond acceptors (Lipinski definition) is 5. The van der Waals surface area contributed by atoms with Crippen LogP contribution in [0, 0.1) is 12.3 Å². The van der Waals surface area contributed by atoms with Crippen molar-refractivity contribution < 1.29 is 19.1 Å². The lowest BCUT2D eigenvalue weighted by atomic mass is 10.1. The van der Waals surface area contributed by atoms with Crippen LogP contribution in [0.2, 0.25) is 0 Å². The van der Waals surface area contributed by atoms with Gasteiger partial charge in [-0.25, -0.2) is 0 Å². The highest BCUT2D eigenvalue weighted by molar-refractivity contribution is 9.10. The first-order chi connectivity index (χ1) is 13.9. The van der Waals surface area contributed by atoms with Crippen molar-refractivity contribution in [3.63, 3.8) is 0 Å². The second-order valence-electron chi connectivity index (χ2n) is 5.91. The highest BCUT2D eigenvalue weighted by Crippen LogP contribution is 2.39. The number of ether oxygens (including phenoxy) is 2. The smallest absolute Gasteiger partial charge is 0.293 e. The normalized spacial score (nSPS) is 15.0. The number of halogens is 2. The third-order valence-electron chi connectivity index (χ3n) is 3.98. The van der Waals surface area contributed by atoms with Crippen LogP contribution in [0.25, 0.3) is 6.08 Å². The van der Waals surface area contributed by atoms with Gasteiger partial charge in [-0.05, 0) is 47.7 Å². The van der Waals surface area contributed by atoms with Gasteiger partial charge in [0.05, 0.1) is 18.6 Å². The molecule has 0 radical (unpaired) electrons. The fourth-order valence-electron chi connectivity index (χ4n) is 2.67. The lowest BCUT2D eigenvalue weighted by molar-refractivity contribution is -0.123. The highest BCUT2D eigenvalue weighted by atomic mass is 79.9. The van der Waals surface area contributed by atoms with Crippen molar-refractivity contribution in [2.24, 2.45) is 0 Å². The van der Waals surface area contributed by atoms with Gasteiger partial charge in [0, 0.05) is 14.5 Å². The number of imide groups is 1. The van der Waals surface area contributed by atoms with Crippen molar-refractivity contribution in [2.45, 2.75) is 6.54 Å². The predicted octanol–water partition coefficient (Wildman–Crippen LogP) is 5.47. The van der Waals surface area contributed by atoms with Gasteiger partial charge in [0.2, 0.25) is 0 Å². The average molecular weight is 537 g/mol. The molecule has 148 valence electrons. The number of nitrogens with zero attached hydrogens (tertiary/aromatic N) is 1. The Morgan fingerprint density at radius 3 is 2.55 bits per heavy atom. The maximum absolute atomic E-state index is 12.8. The number of carbonyl (C=O) groups is 2. The quantitative estimate of drug-likeness (QED) is 0.362. The van der Waals surface area contributed by atoms with Crippen LogP contribution in [0.3, 0.4) is 0 Å². The van der Waals surface area contributed by atoms with Gasteiger partial charge in [0.1, 0.15) is 6.61 Å². The van der Waals surface area contributed by atoms with E-state index in [1.165, 1.54) is 12.0 Å². The minimum atomic E-state index is -0.357. The molecule has 2 aromatic carbocycles. The molecule has 29 heavy (non-hydrogen) atoms. The molecule has 0 unspecified atom stereocenters. The van der Waals surface area contributed by atoms with Gasteiger partial charge < -0.3 is 9.47 Å². The lowest BCUT2D eigenvalue weighted by Crippen LogP contribution is -2.27. The lowest BCUT2D eigenvalue weighted by Gasteiger charge is -2.13. The summed E-state index contributed by atoms with van der Waals surface area (Å²) in [4.78, 5) is 26.8. The van der Waals surface area contributed by atoms with E-state index in [1.807, 2.05) is 24.3 Å². The van der Waals surface area contributed by atoms with Gasteiger partial charge in [-0.15, -0.1) is 6.42 Å². The first kappa shape index (κ1) is 21.5. The summed E-state index contributed by atoms with van der Waals surface area (Å²) in [5.74, 6) is 2.93. The van der Waals surface area contributed by atoms with E-state index < -0.39 is 0 Å². The van der Waals surface area contributed by atoms with Crippen LogP contribution in [-0.2, 0) is 11.3 Å². The maximum Gasteiger partial charge on any atom is 0.293 e. The molecule has 0 aliphatic carbocycles. The van der Waals surface area contributed by atoms with E-state index in [0.29, 0.717) is 22.0 Å². The molecule has 2 aromatic rings. The number of rotatable bonds is 6. The SMILES string of the molecule is C#CCOc1c(/C=C2\SC(=O)N(Cc3ccc(Br)cc3)C2=O)cc(Br)cc1OC. The molecule has 0 aromatic heterocycles. The molecule has 8 heteroatoms. The van der Waals surface area contributed by atoms with Crippen molar-refractivity contribution in [3.05, 3.63) is 61.4 Å². The Balaban J connectivity index is 1.92. The topological polar surface area (TPSA) is 55.8 Å². The van der Waals surface area contributed by atoms with E-state index >= 15 is 0 Å². The van der Waals surface area contributed by atoms with E-state index in [-0.39, 0.29) is 24.3 Å². The zero-order valence-electron chi connectivity index (χ0n) is 15.3. The summed E-state index contributed by atoms with van der Waals surface area (Å²) in [5, 5.41) is -0.322. The summed E-state index contributed by atoms with van der Waals surface area (Å²) in [6.45, 7) is 0.251. The third kappa shape index (κ3) is 5.04. The number of thioether (sulfide) groups is 1. The van der Waals surface area contributed by atoms with Crippen LogP contribution < -0.4 is 9.47 Å². The number of terminal acetylenes is 1. The summed E-state index contributed by atoms with van der Waals surface area (Å²) in [6.07, 6.45) is 6.92. The molecule has 0 atom stereocenters. The molecule has 3 rings (SSSR count). The standard InChI is InChI=1S/C21H15Br2NO4S/c1-3-8-28-19-14(9-16(23)11-17(19)27-2)10-18-20(25)24(21(26)29-18)12-13-4-6-15(22)7-5-13/h1,4-7,9-11H,8,12H2,2H3/b18-10-. The zero-order chi connectivity index (χ0) is 21.0. The Labute approximate surface area is 189 Å². The average Bonchev–Trinajstić information content (AvgIpc) is 2.95. The van der Waals surface area contributed by atoms with Gasteiger partial charge in [-0.1, -0.05) is 49.9 Å². The second-order valence-corrected chi connectivity index (χ2v) is 8.74. The van der Waals surface area contributed by atoms with Gasteiger partial charge in [-0.3, -0.25) is 14.5 Å². The van der Waals surface area contributed by atoms with Crippen LogP contribution in [-0.4, -0.2) is 29.8 Å². The zero-order valence-corrected chi connectivity index (χ0v) is 19.3. The van der Waals surface area contributed by atoms with E-state index in [9.17, 15) is 9.59 Å². The Bertz CT molecular complexity index is 1030. The monoisotopic (exact) mass is 535 g/mol. The molecule has 1 fully saturated rings. The molecule has 1 aliphatic heterocycles. The Hall–Kier alpha value is -2.21. The van der Waals surface area contributed by atoms with Gasteiger partial charge in [0.25, 0.3) is 11.1 Å². The number of benzene rings is 2. The van der Waals surface area contributed by atoms with Crippen LogP contribution >= 0.6 is 43.6 Å². The minimum Gasteiger partial charge on any atom is -0.493 e. The summed E-state index contributed by atoms with van der Waals surface area (Å²) in [6, 6.07) is 11.0. The molecule has 1 aliphatic rings. The van der Waals surface area contributed by atoms with Crippen LogP contribution in [0.4, 0.5) is 4.79 Å². The van der Waals surface area contributed by atoms with Gasteiger partial charge in [0.15, 0.2) is 11.5 Å². The first-order valence-corrected chi connectivity index (χ1v) is 10.8. The molecular formula is C21H15Br2NO4S. The molecular weight excluding hydrogens is 522 g/mol. The van der Waals surface area contributed by atoms with E-state index in [1.54, 1.807) is 18.2 Å². The molecule has 5 nitrogen and oxygen atoms in total. The number of carbonyl (C=O) groups excluding carboxylic acids is 2. The van der Waals surface area contributed by atoms with Gasteiger partial charge >= 0.3 is 0 Å². The number of amides is 2. The summed E-state index contributed by atoms with van der Waals surface area (Å²) < 4.78 is 12.6. The largest absolute Gasteiger partial charge is 0.493 e. The molecule has 1 saturated heterocycles. The molecule has 1 heterocycles. The van der Waals surface area contributed by atoms with Crippen molar-refractivity contribution in [1.82, 2.24) is 4.90 Å². The molecule has 0 bridgehead atoms. The Kier molecular flexibility index (Phi) is 7.06.